The van der Waals surface area contributed by atoms with Crippen molar-refractivity contribution >= 4 is 69.1 Å². The first-order chi connectivity index (χ1) is 35.4. The highest BCUT2D eigenvalue weighted by molar-refractivity contribution is 8.13. The number of carbonyl (C=O) groups excluding carboxylic acids is 3. The van der Waals surface area contributed by atoms with E-state index in [0.717, 1.165) is 48.2 Å². The van der Waals surface area contributed by atoms with Crippen molar-refractivity contribution in [1.29, 1.82) is 0 Å². The van der Waals surface area contributed by atoms with Crippen LogP contribution in [0.4, 0.5) is 5.82 Å². The number of amides is 2. The number of allylic oxidation sites excluding steroid dienone is 5. The number of nitrogens with two attached hydrogens (primary N) is 1. The molecule has 1 saturated carbocycles. The third kappa shape index (κ3) is 19.3. The van der Waals surface area contributed by atoms with Crippen LogP contribution in [-0.4, -0.2) is 146 Å². The lowest BCUT2D eigenvalue weighted by Crippen LogP contribution is -2.46. The molecule has 4 heterocycles. The van der Waals surface area contributed by atoms with Gasteiger partial charge in [-0.25, -0.2) is 43.3 Å². The first-order valence-electron chi connectivity index (χ1n) is 23.7. The molecule has 32 heteroatoms. The number of hydrogen-bond donors (Lipinski definition) is 10. The predicted molar refractivity (Wildman–Crippen MR) is 266 cm³/mol. The molecule has 2 aromatic rings. The van der Waals surface area contributed by atoms with Crippen molar-refractivity contribution in [2.24, 2.45) is 17.3 Å². The third-order valence-corrected chi connectivity index (χ3v) is 16.0. The number of ether oxygens (including phenoxy) is 1. The van der Waals surface area contributed by atoms with E-state index in [2.05, 4.69) is 58.4 Å². The first kappa shape index (κ1) is 62.2. The molecule has 11 N–H and O–H groups in total. The highest BCUT2D eigenvalue weighted by Crippen LogP contribution is 2.61. The Balaban J connectivity index is 0.952. The Kier molecular flexibility index (Phi) is 23.9. The van der Waals surface area contributed by atoms with Crippen molar-refractivity contribution < 1.29 is 100 Å². The smallest absolute Gasteiger partial charge is 0.386 e. The SMILES string of the molecule is CC/C=C/C/C=C/CC(/C=C/C1C2CC(OO2)C1C/C=C/CCC(=O)SCCNC(=O)CCNC(=O)C(O)C(C)(C)COP(=O)(O)OP(=O)(O)OCC1OC(n2cnc3c(N)ncnc32)C(O)C1OP(=O)(O)O)OO. The second-order valence-electron chi connectivity index (χ2n) is 18.1. The zero-order chi connectivity index (χ0) is 55.0. The Morgan fingerprint density at radius 2 is 1.71 bits per heavy atom. The summed E-state index contributed by atoms with van der Waals surface area (Å²) in [6.45, 7) is 2.46. The van der Waals surface area contributed by atoms with Crippen LogP contribution in [0.1, 0.15) is 78.4 Å². The van der Waals surface area contributed by atoms with E-state index in [-0.39, 0.29) is 72.1 Å². The van der Waals surface area contributed by atoms with Gasteiger partial charge in [0.1, 0.15) is 48.5 Å². The number of carbonyl (C=O) groups is 3. The number of nitrogen functional groups attached to an aromatic ring is 1. The molecule has 0 spiro atoms. The number of thioether (sulfide) groups is 1. The summed E-state index contributed by atoms with van der Waals surface area (Å²) in [5.41, 5.74) is 4.24. The van der Waals surface area contributed by atoms with Gasteiger partial charge in [-0.1, -0.05) is 81.1 Å². The van der Waals surface area contributed by atoms with E-state index >= 15 is 0 Å². The molecule has 1 aliphatic carbocycles. The summed E-state index contributed by atoms with van der Waals surface area (Å²) in [4.78, 5) is 105. The molecule has 2 aliphatic heterocycles. The van der Waals surface area contributed by atoms with Gasteiger partial charge in [-0.3, -0.25) is 37.8 Å². The van der Waals surface area contributed by atoms with Crippen LogP contribution < -0.4 is 16.4 Å². The lowest BCUT2D eigenvalue weighted by Gasteiger charge is -2.30. The minimum absolute atomic E-state index is 0.0235. The van der Waals surface area contributed by atoms with Crippen LogP contribution in [0.25, 0.3) is 11.2 Å². The molecular formula is C43H66N7O21P3S. The summed E-state index contributed by atoms with van der Waals surface area (Å²) in [5, 5.41) is 36.0. The van der Waals surface area contributed by atoms with Gasteiger partial charge in [-0.15, -0.1) is 0 Å². The average molecular weight is 1140 g/mol. The van der Waals surface area contributed by atoms with Crippen LogP contribution in [0, 0.1) is 17.3 Å². The summed E-state index contributed by atoms with van der Waals surface area (Å²) in [5.74, 6) is -0.958. The Morgan fingerprint density at radius 1 is 0.973 bits per heavy atom. The second kappa shape index (κ2) is 28.8. The van der Waals surface area contributed by atoms with Crippen molar-refractivity contribution in [1.82, 2.24) is 30.2 Å². The topological polar surface area (TPSA) is 412 Å². The fourth-order valence-electron chi connectivity index (χ4n) is 8.03. The highest BCUT2D eigenvalue weighted by Gasteiger charge is 2.51. The molecule has 12 atom stereocenters. The van der Waals surface area contributed by atoms with Crippen LogP contribution in [0.2, 0.25) is 0 Å². The van der Waals surface area contributed by atoms with Gasteiger partial charge in [0, 0.05) is 55.4 Å². The summed E-state index contributed by atoms with van der Waals surface area (Å²) in [6.07, 6.45) is 13.0. The molecule has 3 aliphatic rings. The van der Waals surface area contributed by atoms with E-state index < -0.39 is 90.7 Å². The summed E-state index contributed by atoms with van der Waals surface area (Å²) < 4.78 is 62.6. The number of nitrogens with one attached hydrogen (secondary N) is 2. The maximum Gasteiger partial charge on any atom is 0.481 e. The van der Waals surface area contributed by atoms with E-state index in [1.165, 1.54) is 13.8 Å². The van der Waals surface area contributed by atoms with Gasteiger partial charge in [0.25, 0.3) is 0 Å². The predicted octanol–water partition coefficient (Wildman–Crippen LogP) is 3.44. The van der Waals surface area contributed by atoms with Crippen LogP contribution >= 0.6 is 35.2 Å². The number of rotatable bonds is 32. The van der Waals surface area contributed by atoms with Crippen molar-refractivity contribution in [2.45, 2.75) is 121 Å². The Morgan fingerprint density at radius 3 is 2.44 bits per heavy atom. The number of phosphoric ester groups is 3. The summed E-state index contributed by atoms with van der Waals surface area (Å²) >= 11 is 1.07. The monoisotopic (exact) mass is 1140 g/mol. The van der Waals surface area contributed by atoms with Crippen LogP contribution in [-0.2, 0) is 65.4 Å². The van der Waals surface area contributed by atoms with Crippen molar-refractivity contribution in [3.63, 3.8) is 0 Å². The minimum atomic E-state index is -5.60. The zero-order valence-corrected chi connectivity index (χ0v) is 44.7. The maximum atomic E-state index is 12.8. The molecule has 0 aromatic carbocycles. The lowest BCUT2D eigenvalue weighted by molar-refractivity contribution is -0.336. The van der Waals surface area contributed by atoms with Crippen LogP contribution in [0.3, 0.4) is 0 Å². The average Bonchev–Trinajstić information content (AvgIpc) is 4.14. The van der Waals surface area contributed by atoms with E-state index in [0.29, 0.717) is 25.0 Å². The Hall–Kier alpha value is -3.64. The third-order valence-electron chi connectivity index (χ3n) is 11.9. The number of aliphatic hydroxyl groups is 2. The van der Waals surface area contributed by atoms with Gasteiger partial charge in [0.15, 0.2) is 22.8 Å². The zero-order valence-electron chi connectivity index (χ0n) is 41.2. The van der Waals surface area contributed by atoms with Crippen LogP contribution in [0.5, 0.6) is 0 Å². The Bertz CT molecular complexity index is 2490. The van der Waals surface area contributed by atoms with Crippen LogP contribution in [0.15, 0.2) is 61.3 Å². The van der Waals surface area contributed by atoms with E-state index in [9.17, 15) is 63.1 Å². The molecule has 2 amide bonds. The molecule has 5 rings (SSSR count). The van der Waals surface area contributed by atoms with Gasteiger partial charge in [-0.05, 0) is 32.1 Å². The molecule has 75 heavy (non-hydrogen) atoms. The lowest BCUT2D eigenvalue weighted by atomic mass is 9.87. The number of aromatic nitrogens is 4. The number of hydrogen-bond acceptors (Lipinski definition) is 22. The van der Waals surface area contributed by atoms with Crippen molar-refractivity contribution in [3.8, 4) is 0 Å². The molecule has 0 radical (unpaired) electrons. The number of phosphoric acid groups is 3. The number of anilines is 1. The van der Waals surface area contributed by atoms with Gasteiger partial charge in [0.05, 0.1) is 25.6 Å². The molecule has 12 unspecified atom stereocenters. The molecule has 420 valence electrons. The molecule has 2 bridgehead atoms. The number of imidazole rings is 1. The van der Waals surface area contributed by atoms with Crippen molar-refractivity contribution in [3.05, 3.63) is 61.3 Å². The normalized spacial score (nSPS) is 25.7. The summed E-state index contributed by atoms with van der Waals surface area (Å²) in [7, 11) is -16.5. The number of nitrogens with zero attached hydrogens (tertiary/aromatic N) is 4. The van der Waals surface area contributed by atoms with E-state index in [1.807, 2.05) is 36.5 Å². The number of aliphatic hydroxyl groups excluding tert-OH is 2. The molecular weight excluding hydrogens is 1080 g/mol. The maximum absolute atomic E-state index is 12.8. The highest BCUT2D eigenvalue weighted by atomic mass is 32.2. The van der Waals surface area contributed by atoms with Gasteiger partial charge < -0.3 is 50.9 Å². The minimum Gasteiger partial charge on any atom is -0.386 e. The van der Waals surface area contributed by atoms with Gasteiger partial charge >= 0.3 is 23.5 Å². The fraction of sp³-hybridized carbons (Fsp3) is 0.628. The van der Waals surface area contributed by atoms with E-state index in [1.54, 1.807) is 0 Å². The van der Waals surface area contributed by atoms with Gasteiger partial charge in [0.2, 0.25) is 11.8 Å². The molecule has 28 nitrogen and oxygen atoms in total. The molecule has 2 saturated heterocycles. The Labute approximate surface area is 435 Å². The second-order valence-corrected chi connectivity index (χ2v) is 23.5. The molecule has 2 aromatic heterocycles. The largest absolute Gasteiger partial charge is 0.481 e. The fourth-order valence-corrected chi connectivity index (χ4v) is 11.6. The standard InChI is InChI=1S/C43H66N7O21P3S/c1-4-5-6-7-8-10-13-27(67-56)16-17-29-28(30-22-31(29)69-68-30)14-11-9-12-15-34(52)75-21-20-45-33(51)18-19-46-41(55)38(54)43(2,3)24-65-74(62,63)71-73(60,61)64-23-32-37(70-72(57,58)59)36(53)42(66-32)50-26-49-35-39(44)47-25-48-40(35)50/h5-6,8-11,16-17,25-32,36-38,42,53-54,56H,4,7,12-15,18-24H2,1-3H3,(H,45,51)(H,46,55)(H,60,61)(H,62,63)(H2,44,47,48)(H2,57,58,59)/b6-5+,10-8+,11-9+,17-16+. The van der Waals surface area contributed by atoms with Crippen molar-refractivity contribution in [2.75, 3.05) is 37.8 Å². The quantitative estimate of drug-likeness (QED) is 0.0165. The molecule has 3 fully saturated rings. The summed E-state index contributed by atoms with van der Waals surface area (Å²) in [6, 6.07) is 0. The number of fused-ring (bicyclic) bond motifs is 3. The van der Waals surface area contributed by atoms with Gasteiger partial charge in [-0.2, -0.15) is 4.31 Å². The van der Waals surface area contributed by atoms with E-state index in [4.69, 9.17) is 29.3 Å². The first-order valence-corrected chi connectivity index (χ1v) is 29.2.